The van der Waals surface area contributed by atoms with Gasteiger partial charge in [-0.15, -0.1) is 0 Å². The molecule has 2 fully saturated rings. The lowest BCUT2D eigenvalue weighted by Crippen LogP contribution is -2.57. The Morgan fingerprint density at radius 1 is 1.16 bits per heavy atom. The number of nitrogens with one attached hydrogen (secondary N) is 3. The Morgan fingerprint density at radius 2 is 1.90 bits per heavy atom. The predicted octanol–water partition coefficient (Wildman–Crippen LogP) is -1.59. The Hall–Kier alpha value is -2.34. The van der Waals surface area contributed by atoms with E-state index in [1.54, 1.807) is 0 Å². The highest BCUT2D eigenvalue weighted by Gasteiger charge is 2.38. The minimum atomic E-state index is -1.22. The number of carboxylic acid groups (broad SMARTS) is 1. The summed E-state index contributed by atoms with van der Waals surface area (Å²) in [4.78, 5) is 62.5. The van der Waals surface area contributed by atoms with Crippen LogP contribution < -0.4 is 21.7 Å². The second kappa shape index (κ2) is 11.9. The normalized spacial score (nSPS) is 22.5. The van der Waals surface area contributed by atoms with Crippen LogP contribution in [0.5, 0.6) is 0 Å². The van der Waals surface area contributed by atoms with Crippen molar-refractivity contribution in [3.05, 3.63) is 0 Å². The molecular formula is C19H31N5O6S. The number of nitrogens with zero attached hydrogens (tertiary/aromatic N) is 1. The second-order valence-corrected chi connectivity index (χ2v) is 8.74. The van der Waals surface area contributed by atoms with E-state index in [1.807, 2.05) is 6.26 Å². The highest BCUT2D eigenvalue weighted by molar-refractivity contribution is 7.98. The molecule has 174 valence electrons. The minimum Gasteiger partial charge on any atom is -0.480 e. The molecule has 0 aliphatic carbocycles. The average molecular weight is 458 g/mol. The van der Waals surface area contributed by atoms with Gasteiger partial charge in [-0.05, 0) is 50.7 Å². The molecule has 4 unspecified atom stereocenters. The molecule has 12 heteroatoms. The molecule has 0 radical (unpaired) electrons. The summed E-state index contributed by atoms with van der Waals surface area (Å²) in [6.45, 7) is 0.993. The Labute approximate surface area is 185 Å². The molecule has 6 N–H and O–H groups in total. The third-order valence-corrected chi connectivity index (χ3v) is 6.11. The van der Waals surface area contributed by atoms with E-state index in [4.69, 9.17) is 5.73 Å². The van der Waals surface area contributed by atoms with Crippen LogP contribution in [0.1, 0.15) is 38.5 Å². The molecule has 4 atom stereocenters. The number of hydrogen-bond donors (Lipinski definition) is 5. The van der Waals surface area contributed by atoms with Crippen molar-refractivity contribution in [1.29, 1.82) is 0 Å². The molecule has 2 heterocycles. The summed E-state index contributed by atoms with van der Waals surface area (Å²) < 4.78 is 0. The molecular weight excluding hydrogens is 426 g/mol. The van der Waals surface area contributed by atoms with Crippen LogP contribution in [0.15, 0.2) is 0 Å². The molecule has 0 spiro atoms. The van der Waals surface area contributed by atoms with Crippen LogP contribution in [-0.2, 0) is 24.0 Å². The van der Waals surface area contributed by atoms with Crippen LogP contribution in [0.25, 0.3) is 0 Å². The summed E-state index contributed by atoms with van der Waals surface area (Å²) in [6, 6.07) is -3.55. The van der Waals surface area contributed by atoms with Crippen molar-refractivity contribution in [2.45, 2.75) is 62.7 Å². The summed E-state index contributed by atoms with van der Waals surface area (Å²) in [6.07, 6.45) is 4.11. The average Bonchev–Trinajstić information content (AvgIpc) is 3.41. The van der Waals surface area contributed by atoms with Gasteiger partial charge in [-0.2, -0.15) is 11.8 Å². The first-order valence-electron chi connectivity index (χ1n) is 10.4. The van der Waals surface area contributed by atoms with Gasteiger partial charge in [0.2, 0.25) is 23.6 Å². The van der Waals surface area contributed by atoms with Gasteiger partial charge in [-0.25, -0.2) is 4.79 Å². The third kappa shape index (κ3) is 7.10. The summed E-state index contributed by atoms with van der Waals surface area (Å²) >= 11 is 1.48. The molecule has 4 amide bonds. The number of rotatable bonds is 11. The molecule has 2 aliphatic heterocycles. The number of aliphatic carboxylic acids is 1. The fraction of sp³-hybridized carbons (Fsp3) is 0.737. The minimum absolute atomic E-state index is 0.288. The van der Waals surface area contributed by atoms with Gasteiger partial charge in [0.1, 0.15) is 18.1 Å². The predicted molar refractivity (Wildman–Crippen MR) is 114 cm³/mol. The van der Waals surface area contributed by atoms with Gasteiger partial charge in [0.15, 0.2) is 0 Å². The van der Waals surface area contributed by atoms with Crippen LogP contribution in [0.2, 0.25) is 0 Å². The number of likely N-dealkylation sites (tertiary alicyclic amines) is 1. The van der Waals surface area contributed by atoms with Crippen molar-refractivity contribution in [3.8, 4) is 0 Å². The highest BCUT2D eigenvalue weighted by atomic mass is 32.2. The van der Waals surface area contributed by atoms with E-state index >= 15 is 0 Å². The zero-order valence-corrected chi connectivity index (χ0v) is 18.4. The van der Waals surface area contributed by atoms with Crippen molar-refractivity contribution < 1.29 is 29.1 Å². The fourth-order valence-corrected chi connectivity index (χ4v) is 4.32. The van der Waals surface area contributed by atoms with Crippen molar-refractivity contribution >= 4 is 41.4 Å². The van der Waals surface area contributed by atoms with E-state index in [0.29, 0.717) is 38.1 Å². The SMILES string of the molecule is CSCCC(NC(=O)C(CC(N)=O)NC(=O)C1CCCN1)C(=O)N1CCCC1C(=O)O. The topological polar surface area (TPSA) is 171 Å². The Balaban J connectivity index is 2.10. The summed E-state index contributed by atoms with van der Waals surface area (Å²) in [5.41, 5.74) is 5.25. The number of carboxylic acids is 1. The second-order valence-electron chi connectivity index (χ2n) is 7.75. The lowest BCUT2D eigenvalue weighted by Gasteiger charge is -2.28. The highest BCUT2D eigenvalue weighted by Crippen LogP contribution is 2.20. The third-order valence-electron chi connectivity index (χ3n) is 5.46. The monoisotopic (exact) mass is 457 g/mol. The largest absolute Gasteiger partial charge is 0.480 e. The molecule has 2 aliphatic rings. The number of thioether (sulfide) groups is 1. The van der Waals surface area contributed by atoms with E-state index in [1.165, 1.54) is 16.7 Å². The smallest absolute Gasteiger partial charge is 0.326 e. The standard InChI is InChI=1S/C19H31N5O6S/c1-31-9-6-12(18(28)24-8-3-5-14(24)19(29)30)22-17(27)13(10-15(20)25)23-16(26)11-4-2-7-21-11/h11-14,21H,2-10H2,1H3,(H2,20,25)(H,22,27)(H,23,26)(H,29,30). The van der Waals surface area contributed by atoms with E-state index < -0.39 is 60.2 Å². The van der Waals surface area contributed by atoms with Crippen molar-refractivity contribution in [2.75, 3.05) is 25.1 Å². The summed E-state index contributed by atoms with van der Waals surface area (Å²) in [5.74, 6) is -2.87. The number of nitrogens with two attached hydrogens (primary N) is 1. The molecule has 11 nitrogen and oxygen atoms in total. The Bertz CT molecular complexity index is 699. The molecule has 31 heavy (non-hydrogen) atoms. The van der Waals surface area contributed by atoms with Gasteiger partial charge in [-0.1, -0.05) is 0 Å². The van der Waals surface area contributed by atoms with Gasteiger partial charge in [0, 0.05) is 6.54 Å². The molecule has 0 aromatic carbocycles. The molecule has 0 aromatic rings. The number of carbonyl (C=O) groups is 5. The van der Waals surface area contributed by atoms with Gasteiger partial charge in [-0.3, -0.25) is 19.2 Å². The first kappa shape index (κ1) is 24.9. The quantitative estimate of drug-likeness (QED) is 0.247. The van der Waals surface area contributed by atoms with Gasteiger partial charge in [0.25, 0.3) is 0 Å². The number of primary amides is 1. The lowest BCUT2D eigenvalue weighted by atomic mass is 10.1. The lowest BCUT2D eigenvalue weighted by molar-refractivity contribution is -0.149. The fourth-order valence-electron chi connectivity index (χ4n) is 3.84. The van der Waals surface area contributed by atoms with Gasteiger partial charge < -0.3 is 31.7 Å². The molecule has 2 rings (SSSR count). The first-order chi connectivity index (χ1) is 14.7. The van der Waals surface area contributed by atoms with Crippen LogP contribution in [0, 0.1) is 0 Å². The zero-order valence-electron chi connectivity index (χ0n) is 17.6. The molecule has 2 saturated heterocycles. The van der Waals surface area contributed by atoms with Gasteiger partial charge in [0.05, 0.1) is 12.5 Å². The number of amides is 4. The molecule has 0 saturated carbocycles. The van der Waals surface area contributed by atoms with E-state index in [2.05, 4.69) is 16.0 Å². The van der Waals surface area contributed by atoms with Crippen LogP contribution >= 0.6 is 11.8 Å². The van der Waals surface area contributed by atoms with E-state index in [-0.39, 0.29) is 6.42 Å². The maximum atomic E-state index is 13.0. The maximum absolute atomic E-state index is 13.0. The van der Waals surface area contributed by atoms with Crippen molar-refractivity contribution in [3.63, 3.8) is 0 Å². The van der Waals surface area contributed by atoms with E-state index in [0.717, 1.165) is 6.42 Å². The Kier molecular flexibility index (Phi) is 9.56. The van der Waals surface area contributed by atoms with E-state index in [9.17, 15) is 29.1 Å². The van der Waals surface area contributed by atoms with Crippen LogP contribution in [0.4, 0.5) is 0 Å². The van der Waals surface area contributed by atoms with Crippen molar-refractivity contribution in [1.82, 2.24) is 20.9 Å². The zero-order chi connectivity index (χ0) is 23.0. The first-order valence-corrected chi connectivity index (χ1v) is 11.8. The molecule has 0 aromatic heterocycles. The maximum Gasteiger partial charge on any atom is 0.326 e. The van der Waals surface area contributed by atoms with Crippen molar-refractivity contribution in [2.24, 2.45) is 5.73 Å². The number of carbonyl (C=O) groups excluding carboxylic acids is 4. The summed E-state index contributed by atoms with van der Waals surface area (Å²) in [5, 5.41) is 17.5. The van der Waals surface area contributed by atoms with Crippen LogP contribution in [-0.4, -0.2) is 88.9 Å². The summed E-state index contributed by atoms with van der Waals surface area (Å²) in [7, 11) is 0. The Morgan fingerprint density at radius 3 is 2.48 bits per heavy atom. The number of hydrogen-bond acceptors (Lipinski definition) is 7. The van der Waals surface area contributed by atoms with Crippen LogP contribution in [0.3, 0.4) is 0 Å². The molecule has 0 bridgehead atoms. The van der Waals surface area contributed by atoms with Gasteiger partial charge >= 0.3 is 5.97 Å².